The van der Waals surface area contributed by atoms with Crippen molar-refractivity contribution >= 4 is 44.9 Å². The summed E-state index contributed by atoms with van der Waals surface area (Å²) < 4.78 is 2.28. The molecule has 0 amide bonds. The molecule has 2 heterocycles. The number of fused-ring (bicyclic) bond motifs is 14. The molecule has 11 rings (SSSR count). The molecule has 0 fully saturated rings. The lowest BCUT2D eigenvalue weighted by Crippen LogP contribution is -2.30. The molecule has 0 saturated carbocycles. The summed E-state index contributed by atoms with van der Waals surface area (Å²) in [7, 11) is 0. The molecular weight excluding hydrogens is 605 g/mol. The fourth-order valence-electron chi connectivity index (χ4n) is 9.01. The van der Waals surface area contributed by atoms with Crippen LogP contribution >= 0.6 is 0 Å². The summed E-state index contributed by atoms with van der Waals surface area (Å²) in [5.74, 6) is 0. The molecule has 1 atom stereocenters. The molecule has 0 N–H and O–H groups in total. The molecule has 232 valence electrons. The number of hydrogen-bond acceptors (Lipinski definition) is 1. The van der Waals surface area contributed by atoms with Gasteiger partial charge in [-0.25, -0.2) is 4.98 Å². The Morgan fingerprint density at radius 2 is 1.18 bits per heavy atom. The maximum absolute atomic E-state index is 4.85. The Labute approximate surface area is 290 Å². The zero-order valence-corrected chi connectivity index (χ0v) is 27.2. The van der Waals surface area contributed by atoms with Crippen molar-refractivity contribution in [2.75, 3.05) is 0 Å². The third-order valence-corrected chi connectivity index (χ3v) is 11.1. The Balaban J connectivity index is 1.21. The van der Waals surface area contributed by atoms with Crippen molar-refractivity contribution in [3.63, 3.8) is 0 Å². The van der Waals surface area contributed by atoms with E-state index in [4.69, 9.17) is 4.98 Å². The van der Waals surface area contributed by atoms with E-state index in [0.717, 1.165) is 22.2 Å². The maximum atomic E-state index is 4.85. The van der Waals surface area contributed by atoms with E-state index in [1.807, 2.05) is 12.3 Å². The summed E-state index contributed by atoms with van der Waals surface area (Å²) >= 11 is 0. The van der Waals surface area contributed by atoms with Crippen molar-refractivity contribution in [3.05, 3.63) is 203 Å². The van der Waals surface area contributed by atoms with E-state index in [9.17, 15) is 0 Å². The van der Waals surface area contributed by atoms with Crippen LogP contribution < -0.4 is 0 Å². The SMILES string of the molecule is C1=Cc2ccc(-c3ccc4c(c3)c3cccnc3n4-c3ccccc3)cc2C2(c3ccccc31)c1ccccc1-c1c2ccc2ccccc12. The minimum Gasteiger partial charge on any atom is -0.294 e. The Morgan fingerprint density at radius 3 is 2.10 bits per heavy atom. The Bertz CT molecular complexity index is 2870. The molecule has 1 unspecified atom stereocenters. The smallest absolute Gasteiger partial charge is 0.145 e. The minimum absolute atomic E-state index is 0.487. The lowest BCUT2D eigenvalue weighted by atomic mass is 9.65. The van der Waals surface area contributed by atoms with Gasteiger partial charge in [-0.15, -0.1) is 0 Å². The molecule has 2 nitrogen and oxygen atoms in total. The van der Waals surface area contributed by atoms with Crippen LogP contribution in [-0.4, -0.2) is 9.55 Å². The minimum atomic E-state index is -0.487. The predicted molar refractivity (Wildman–Crippen MR) is 208 cm³/mol. The van der Waals surface area contributed by atoms with E-state index in [1.54, 1.807) is 0 Å². The summed E-state index contributed by atoms with van der Waals surface area (Å²) in [5, 5.41) is 4.93. The molecule has 7 aromatic carbocycles. The van der Waals surface area contributed by atoms with Gasteiger partial charge in [0.2, 0.25) is 0 Å². The van der Waals surface area contributed by atoms with E-state index in [1.165, 1.54) is 71.8 Å². The molecule has 2 aliphatic rings. The molecule has 2 aliphatic carbocycles. The molecule has 0 saturated heterocycles. The third kappa shape index (κ3) is 3.60. The van der Waals surface area contributed by atoms with Gasteiger partial charge in [0, 0.05) is 22.7 Å². The summed E-state index contributed by atoms with van der Waals surface area (Å²) in [6, 6.07) is 60.4. The zero-order valence-electron chi connectivity index (χ0n) is 27.2. The summed E-state index contributed by atoms with van der Waals surface area (Å²) in [6.45, 7) is 0. The maximum Gasteiger partial charge on any atom is 0.145 e. The third-order valence-electron chi connectivity index (χ3n) is 11.1. The first-order valence-electron chi connectivity index (χ1n) is 17.3. The van der Waals surface area contributed by atoms with E-state index in [2.05, 4.69) is 174 Å². The van der Waals surface area contributed by atoms with Gasteiger partial charge in [0.05, 0.1) is 10.9 Å². The van der Waals surface area contributed by atoms with Crippen molar-refractivity contribution in [2.24, 2.45) is 0 Å². The van der Waals surface area contributed by atoms with Crippen LogP contribution in [-0.2, 0) is 5.41 Å². The van der Waals surface area contributed by atoms with Crippen LogP contribution in [0, 0.1) is 0 Å². The van der Waals surface area contributed by atoms with Crippen molar-refractivity contribution in [1.82, 2.24) is 9.55 Å². The highest BCUT2D eigenvalue weighted by atomic mass is 15.0. The molecule has 2 aromatic heterocycles. The van der Waals surface area contributed by atoms with Crippen LogP contribution in [0.15, 0.2) is 170 Å². The van der Waals surface area contributed by atoms with Gasteiger partial charge in [0.25, 0.3) is 0 Å². The van der Waals surface area contributed by atoms with E-state index in [-0.39, 0.29) is 0 Å². The normalized spacial score (nSPS) is 15.6. The first-order valence-corrected chi connectivity index (χ1v) is 17.3. The zero-order chi connectivity index (χ0) is 32.8. The Hall–Kier alpha value is -6.51. The highest BCUT2D eigenvalue weighted by Gasteiger charge is 2.49. The van der Waals surface area contributed by atoms with Gasteiger partial charge in [-0.05, 0) is 109 Å². The van der Waals surface area contributed by atoms with Crippen LogP contribution in [0.4, 0.5) is 0 Å². The van der Waals surface area contributed by atoms with Gasteiger partial charge in [-0.2, -0.15) is 0 Å². The van der Waals surface area contributed by atoms with E-state index in [0.29, 0.717) is 0 Å². The highest BCUT2D eigenvalue weighted by Crippen LogP contribution is 2.60. The van der Waals surface area contributed by atoms with Crippen LogP contribution in [0.25, 0.3) is 72.8 Å². The largest absolute Gasteiger partial charge is 0.294 e. The molecule has 0 aliphatic heterocycles. The first-order chi connectivity index (χ1) is 24.8. The quantitative estimate of drug-likeness (QED) is 0.185. The van der Waals surface area contributed by atoms with Gasteiger partial charge in [-0.1, -0.05) is 133 Å². The monoisotopic (exact) mass is 634 g/mol. The molecule has 1 spiro atoms. The average Bonchev–Trinajstić information content (AvgIpc) is 3.62. The predicted octanol–water partition coefficient (Wildman–Crippen LogP) is 11.8. The highest BCUT2D eigenvalue weighted by molar-refractivity contribution is 6.09. The lowest BCUT2D eigenvalue weighted by molar-refractivity contribution is 0.767. The molecule has 9 aromatic rings. The number of nitrogens with zero attached hydrogens (tertiary/aromatic N) is 2. The lowest BCUT2D eigenvalue weighted by Gasteiger charge is -2.35. The first kappa shape index (κ1) is 27.4. The van der Waals surface area contributed by atoms with Gasteiger partial charge in [0.1, 0.15) is 5.65 Å². The number of para-hydroxylation sites is 1. The van der Waals surface area contributed by atoms with Gasteiger partial charge >= 0.3 is 0 Å². The molecule has 0 radical (unpaired) electrons. The number of benzene rings is 7. The van der Waals surface area contributed by atoms with E-state index >= 15 is 0 Å². The fraction of sp³-hybridized carbons (Fsp3) is 0.0208. The van der Waals surface area contributed by atoms with Crippen LogP contribution in [0.3, 0.4) is 0 Å². The van der Waals surface area contributed by atoms with Crippen molar-refractivity contribution in [1.29, 1.82) is 0 Å². The van der Waals surface area contributed by atoms with Crippen molar-refractivity contribution < 1.29 is 0 Å². The fourth-order valence-corrected chi connectivity index (χ4v) is 9.01. The molecule has 0 bridgehead atoms. The topological polar surface area (TPSA) is 17.8 Å². The summed E-state index contributed by atoms with van der Waals surface area (Å²) in [6.07, 6.45) is 6.51. The summed E-state index contributed by atoms with van der Waals surface area (Å²) in [4.78, 5) is 4.85. The summed E-state index contributed by atoms with van der Waals surface area (Å²) in [5.41, 5.74) is 15.6. The second kappa shape index (κ2) is 10.2. The van der Waals surface area contributed by atoms with Gasteiger partial charge < -0.3 is 0 Å². The van der Waals surface area contributed by atoms with Gasteiger partial charge in [-0.3, -0.25) is 4.57 Å². The second-order valence-electron chi connectivity index (χ2n) is 13.5. The number of rotatable bonds is 2. The molecule has 50 heavy (non-hydrogen) atoms. The Morgan fingerprint density at radius 1 is 0.460 bits per heavy atom. The van der Waals surface area contributed by atoms with Crippen LogP contribution in [0.2, 0.25) is 0 Å². The van der Waals surface area contributed by atoms with E-state index < -0.39 is 5.41 Å². The van der Waals surface area contributed by atoms with Crippen LogP contribution in [0.5, 0.6) is 0 Å². The van der Waals surface area contributed by atoms with Crippen molar-refractivity contribution in [2.45, 2.75) is 5.41 Å². The van der Waals surface area contributed by atoms with Gasteiger partial charge in [0.15, 0.2) is 0 Å². The van der Waals surface area contributed by atoms with Crippen molar-refractivity contribution in [3.8, 4) is 27.9 Å². The van der Waals surface area contributed by atoms with Crippen LogP contribution in [0.1, 0.15) is 33.4 Å². The standard InChI is InChI=1S/C48H30N2/c1-2-13-36(14-3-1)50-45-27-25-34(29-40(45)38-17-10-28-49-47(38)50)35-23-22-33-21-20-32-12-5-8-18-41(32)48(44(33)30-35)42-19-9-7-16-39(42)46-37-15-6-4-11-31(37)24-26-43(46)48/h1-30H. The number of hydrogen-bond donors (Lipinski definition) is 0. The Kier molecular flexibility index (Phi) is 5.62. The second-order valence-corrected chi connectivity index (χ2v) is 13.5. The molecule has 2 heteroatoms. The number of pyridine rings is 1. The average molecular weight is 635 g/mol. The number of aromatic nitrogens is 2. The molecular formula is C48H30N2.